The van der Waals surface area contributed by atoms with Gasteiger partial charge in [0, 0.05) is 5.56 Å². The van der Waals surface area contributed by atoms with E-state index in [9.17, 15) is 38.0 Å². The number of amides is 4. The SMILES string of the molecule is CCCCC[C@@H](C(=O)NCNC(=O)c1ccc(-c2ccc(C(=O)N[C@@H](CC(=O)OCCCC)C(=O)OCCCC)c(OCC)c2)o1)[C@@H](CC)N(C=O)OC(=O)c1c(C)cccc1F. The van der Waals surface area contributed by atoms with E-state index in [1.807, 2.05) is 20.8 Å². The average Bonchev–Trinajstić information content (AvgIpc) is 3.76. The van der Waals surface area contributed by atoms with Crippen molar-refractivity contribution < 1.29 is 61.4 Å². The van der Waals surface area contributed by atoms with Crippen LogP contribution in [0.25, 0.3) is 11.3 Å². The Balaban J connectivity index is 1.72. The second-order valence-corrected chi connectivity index (χ2v) is 14.7. The fraction of sp³-hybridized carbons (Fsp3) is 0.500. The van der Waals surface area contributed by atoms with E-state index in [1.54, 1.807) is 26.0 Å². The number of halogens is 1. The number of carbonyl (C=O) groups is 7. The second-order valence-electron chi connectivity index (χ2n) is 14.7. The summed E-state index contributed by atoms with van der Waals surface area (Å²) in [5.41, 5.74) is 0.509. The average molecular weight is 881 g/mol. The molecule has 3 atom stereocenters. The minimum atomic E-state index is -1.30. The first-order valence-corrected chi connectivity index (χ1v) is 21.6. The predicted octanol–water partition coefficient (Wildman–Crippen LogP) is 6.98. The molecule has 1 aromatic heterocycles. The standard InChI is InChI=1S/C46H61FN4O12/c1-7-12-15-18-32(36(10-4)51(29-52)63-46(58)41-30(6)17-16-19-34(41)47)42(54)48-28-49-44(56)38-23-22-37(62-38)31-20-21-33(39(26-31)59-11-5)43(55)50-35(45(57)61-25-14-9-3)27-40(53)60-24-13-8-2/h16-17,19-23,26,29,32,35-36H,7-15,18,24-25,27-28H2,1-6H3,(H,48,54)(H,49,56)(H,50,55)/t32-,35+,36-/m1/s1. The smallest absolute Gasteiger partial charge is 0.366 e. The molecule has 0 fully saturated rings. The van der Waals surface area contributed by atoms with Crippen molar-refractivity contribution >= 4 is 42.0 Å². The van der Waals surface area contributed by atoms with Gasteiger partial charge in [0.15, 0.2) is 5.76 Å². The van der Waals surface area contributed by atoms with Crippen molar-refractivity contribution in [2.24, 2.45) is 5.92 Å². The Morgan fingerprint density at radius 3 is 2.21 bits per heavy atom. The first-order chi connectivity index (χ1) is 30.3. The summed E-state index contributed by atoms with van der Waals surface area (Å²) < 4.78 is 36.7. The number of hydrogen-bond donors (Lipinski definition) is 3. The van der Waals surface area contributed by atoms with Gasteiger partial charge in [0.25, 0.3) is 11.8 Å². The molecule has 0 radical (unpaired) electrons. The summed E-state index contributed by atoms with van der Waals surface area (Å²) in [5.74, 6) is -5.72. The van der Waals surface area contributed by atoms with E-state index in [0.717, 1.165) is 36.8 Å². The van der Waals surface area contributed by atoms with Crippen LogP contribution < -0.4 is 20.7 Å². The third-order valence-corrected chi connectivity index (χ3v) is 10.00. The number of ether oxygens (including phenoxy) is 3. The highest BCUT2D eigenvalue weighted by Crippen LogP contribution is 2.30. The lowest BCUT2D eigenvalue weighted by Gasteiger charge is -2.32. The Labute approximate surface area is 367 Å². The molecule has 3 N–H and O–H groups in total. The molecule has 0 bridgehead atoms. The van der Waals surface area contributed by atoms with E-state index in [-0.39, 0.29) is 67.7 Å². The van der Waals surface area contributed by atoms with Crippen LogP contribution in [0.4, 0.5) is 4.39 Å². The van der Waals surface area contributed by atoms with Crippen molar-refractivity contribution in [2.75, 3.05) is 26.5 Å². The molecule has 0 aliphatic carbocycles. The predicted molar refractivity (Wildman–Crippen MR) is 230 cm³/mol. The van der Waals surface area contributed by atoms with Gasteiger partial charge in [-0.15, -0.1) is 0 Å². The molecule has 0 saturated carbocycles. The van der Waals surface area contributed by atoms with Crippen LogP contribution in [-0.2, 0) is 33.5 Å². The molecular formula is C46H61FN4O12. The molecule has 344 valence electrons. The molecule has 16 nitrogen and oxygen atoms in total. The number of rotatable bonds is 28. The van der Waals surface area contributed by atoms with Crippen LogP contribution in [0.2, 0.25) is 0 Å². The Bertz CT molecular complexity index is 1980. The maximum absolute atomic E-state index is 14.5. The molecular weight excluding hydrogens is 820 g/mol. The maximum atomic E-state index is 14.5. The molecule has 0 aliphatic rings. The van der Waals surface area contributed by atoms with Crippen LogP contribution in [0.15, 0.2) is 52.9 Å². The summed E-state index contributed by atoms with van der Waals surface area (Å²) in [4.78, 5) is 96.3. The van der Waals surface area contributed by atoms with Crippen molar-refractivity contribution in [1.29, 1.82) is 0 Å². The molecule has 0 aliphatic heterocycles. The van der Waals surface area contributed by atoms with Crippen molar-refractivity contribution in [3.63, 3.8) is 0 Å². The van der Waals surface area contributed by atoms with Crippen molar-refractivity contribution in [3.05, 3.63) is 76.8 Å². The van der Waals surface area contributed by atoms with Gasteiger partial charge in [-0.1, -0.05) is 78.0 Å². The highest BCUT2D eigenvalue weighted by atomic mass is 19.1. The van der Waals surface area contributed by atoms with Crippen LogP contribution in [0.1, 0.15) is 136 Å². The first kappa shape index (κ1) is 51.1. The third kappa shape index (κ3) is 15.6. The summed E-state index contributed by atoms with van der Waals surface area (Å²) in [5, 5.41) is 8.60. The van der Waals surface area contributed by atoms with Crippen molar-refractivity contribution in [3.8, 4) is 17.1 Å². The Hall–Kier alpha value is -6.26. The number of aryl methyl sites for hydroxylation is 1. The lowest BCUT2D eigenvalue weighted by Crippen LogP contribution is -2.49. The van der Waals surface area contributed by atoms with E-state index in [4.69, 9.17) is 23.5 Å². The zero-order chi connectivity index (χ0) is 46.3. The van der Waals surface area contributed by atoms with E-state index in [2.05, 4.69) is 16.0 Å². The molecule has 2 aromatic carbocycles. The number of hydroxylamine groups is 2. The normalized spacial score (nSPS) is 12.2. The molecule has 0 saturated heterocycles. The zero-order valence-corrected chi connectivity index (χ0v) is 37.1. The van der Waals surface area contributed by atoms with Crippen LogP contribution >= 0.6 is 0 Å². The lowest BCUT2D eigenvalue weighted by atomic mass is 9.90. The lowest BCUT2D eigenvalue weighted by molar-refractivity contribution is -0.171. The Kier molecular flexibility index (Phi) is 21.8. The third-order valence-electron chi connectivity index (χ3n) is 10.00. The summed E-state index contributed by atoms with van der Waals surface area (Å²) >= 11 is 0. The fourth-order valence-corrected chi connectivity index (χ4v) is 6.54. The molecule has 63 heavy (non-hydrogen) atoms. The highest BCUT2D eigenvalue weighted by molar-refractivity contribution is 6.00. The van der Waals surface area contributed by atoms with E-state index in [1.165, 1.54) is 37.3 Å². The van der Waals surface area contributed by atoms with E-state index in [0.29, 0.717) is 36.8 Å². The number of benzene rings is 2. The largest absolute Gasteiger partial charge is 0.493 e. The number of carbonyl (C=O) groups excluding carboxylic acids is 7. The number of esters is 2. The van der Waals surface area contributed by atoms with Gasteiger partial charge < -0.3 is 39.4 Å². The van der Waals surface area contributed by atoms with Crippen LogP contribution in [-0.4, -0.2) is 85.7 Å². The summed E-state index contributed by atoms with van der Waals surface area (Å²) in [6.45, 7) is 11.0. The number of nitrogens with zero attached hydrogens (tertiary/aromatic N) is 1. The van der Waals surface area contributed by atoms with Gasteiger partial charge in [0.2, 0.25) is 12.3 Å². The second kappa shape index (κ2) is 26.9. The quantitative estimate of drug-likeness (QED) is 0.0222. The molecule has 0 spiro atoms. The topological polar surface area (TPSA) is 209 Å². The van der Waals surface area contributed by atoms with Crippen molar-refractivity contribution in [2.45, 2.75) is 118 Å². The molecule has 3 rings (SSSR count). The number of unbranched alkanes of at least 4 members (excludes halogenated alkanes) is 4. The minimum Gasteiger partial charge on any atom is -0.493 e. The molecule has 0 unspecified atom stereocenters. The Morgan fingerprint density at radius 1 is 0.841 bits per heavy atom. The summed E-state index contributed by atoms with van der Waals surface area (Å²) in [6.07, 6.45) is 5.54. The minimum absolute atomic E-state index is 0.0690. The monoisotopic (exact) mass is 880 g/mol. The number of nitrogens with one attached hydrogen (secondary N) is 3. The first-order valence-electron chi connectivity index (χ1n) is 21.6. The molecule has 17 heteroatoms. The molecule has 3 aromatic rings. The van der Waals surface area contributed by atoms with Crippen molar-refractivity contribution in [1.82, 2.24) is 21.0 Å². The van der Waals surface area contributed by atoms with Crippen LogP contribution in [0.5, 0.6) is 5.75 Å². The number of hydrogen-bond acceptors (Lipinski definition) is 12. The summed E-state index contributed by atoms with van der Waals surface area (Å²) in [6, 6.07) is 9.41. The zero-order valence-electron chi connectivity index (χ0n) is 37.1. The van der Waals surface area contributed by atoms with Crippen LogP contribution in [0, 0.1) is 18.7 Å². The van der Waals surface area contributed by atoms with Gasteiger partial charge in [-0.05, 0) is 75.4 Å². The maximum Gasteiger partial charge on any atom is 0.366 e. The Morgan fingerprint density at radius 2 is 1.56 bits per heavy atom. The van der Waals surface area contributed by atoms with E-state index >= 15 is 0 Å². The van der Waals surface area contributed by atoms with Crippen LogP contribution in [0.3, 0.4) is 0 Å². The number of furan rings is 1. The fourth-order valence-electron chi connectivity index (χ4n) is 6.54. The molecule has 4 amide bonds. The summed E-state index contributed by atoms with van der Waals surface area (Å²) in [7, 11) is 0. The van der Waals surface area contributed by atoms with Gasteiger partial charge in [-0.2, -0.15) is 5.06 Å². The van der Waals surface area contributed by atoms with Gasteiger partial charge in [-0.3, -0.25) is 24.0 Å². The van der Waals surface area contributed by atoms with Gasteiger partial charge in [0.05, 0.1) is 50.4 Å². The van der Waals surface area contributed by atoms with Gasteiger partial charge in [0.1, 0.15) is 28.9 Å². The van der Waals surface area contributed by atoms with Gasteiger partial charge in [-0.25, -0.2) is 14.0 Å². The van der Waals surface area contributed by atoms with Gasteiger partial charge >= 0.3 is 17.9 Å². The van der Waals surface area contributed by atoms with E-state index < -0.39 is 65.9 Å². The molecule has 1 heterocycles. The highest BCUT2D eigenvalue weighted by Gasteiger charge is 2.34.